The van der Waals surface area contributed by atoms with Crippen LogP contribution in [0.5, 0.6) is 11.5 Å². The molecule has 3 heteroatoms. The van der Waals surface area contributed by atoms with Crippen LogP contribution in [0.1, 0.15) is 24.5 Å². The van der Waals surface area contributed by atoms with Gasteiger partial charge in [-0.2, -0.15) is 0 Å². The summed E-state index contributed by atoms with van der Waals surface area (Å²) in [7, 11) is 1.66. The third-order valence-electron chi connectivity index (χ3n) is 3.23. The first kappa shape index (κ1) is 15.4. The molecule has 0 spiro atoms. The average molecular weight is 285 g/mol. The van der Waals surface area contributed by atoms with Crippen molar-refractivity contribution < 1.29 is 9.47 Å². The molecule has 2 aromatic rings. The second kappa shape index (κ2) is 8.32. The summed E-state index contributed by atoms with van der Waals surface area (Å²) in [4.78, 5) is 0. The minimum absolute atomic E-state index is 0.565. The van der Waals surface area contributed by atoms with Crippen LogP contribution in [-0.2, 0) is 13.2 Å². The van der Waals surface area contributed by atoms with Gasteiger partial charge < -0.3 is 14.8 Å². The van der Waals surface area contributed by atoms with E-state index in [9.17, 15) is 0 Å². The minimum atomic E-state index is 0.565. The first-order chi connectivity index (χ1) is 10.3. The second-order valence-corrected chi connectivity index (χ2v) is 4.96. The zero-order valence-corrected chi connectivity index (χ0v) is 12.8. The summed E-state index contributed by atoms with van der Waals surface area (Å²) in [6.07, 6.45) is 1.16. The predicted molar refractivity (Wildman–Crippen MR) is 85.8 cm³/mol. The number of nitrogens with one attached hydrogen (secondary N) is 1. The zero-order chi connectivity index (χ0) is 14.9. The summed E-state index contributed by atoms with van der Waals surface area (Å²) in [5.74, 6) is 1.63. The molecule has 0 aliphatic heterocycles. The summed E-state index contributed by atoms with van der Waals surface area (Å²) in [5.41, 5.74) is 2.46. The molecule has 0 saturated carbocycles. The quantitative estimate of drug-likeness (QED) is 0.749. The van der Waals surface area contributed by atoms with Gasteiger partial charge in [0.1, 0.15) is 18.1 Å². The van der Waals surface area contributed by atoms with E-state index in [0.717, 1.165) is 36.6 Å². The second-order valence-electron chi connectivity index (χ2n) is 4.96. The Morgan fingerprint density at radius 1 is 0.952 bits per heavy atom. The number of hydrogen-bond donors (Lipinski definition) is 1. The van der Waals surface area contributed by atoms with Crippen molar-refractivity contribution in [3.63, 3.8) is 0 Å². The summed E-state index contributed by atoms with van der Waals surface area (Å²) in [6, 6.07) is 16.2. The molecule has 0 aromatic heterocycles. The molecule has 2 rings (SSSR count). The number of ether oxygens (including phenoxy) is 2. The molecule has 2 aromatic carbocycles. The van der Waals surface area contributed by atoms with Gasteiger partial charge in [0, 0.05) is 12.6 Å². The van der Waals surface area contributed by atoms with Crippen molar-refractivity contribution in [1.29, 1.82) is 0 Å². The first-order valence-electron chi connectivity index (χ1n) is 7.37. The lowest BCUT2D eigenvalue weighted by Gasteiger charge is -2.09. The molecule has 0 atom stereocenters. The minimum Gasteiger partial charge on any atom is -0.497 e. The van der Waals surface area contributed by atoms with E-state index in [2.05, 4.69) is 36.5 Å². The van der Waals surface area contributed by atoms with Crippen molar-refractivity contribution in [2.45, 2.75) is 26.5 Å². The van der Waals surface area contributed by atoms with E-state index in [4.69, 9.17) is 9.47 Å². The fourth-order valence-electron chi connectivity index (χ4n) is 2.02. The predicted octanol–water partition coefficient (Wildman–Crippen LogP) is 3.77. The highest BCUT2D eigenvalue weighted by atomic mass is 16.5. The maximum absolute atomic E-state index is 5.78. The SMILES string of the molecule is CCCNCc1ccc(COc2cccc(OC)c2)cc1. The fraction of sp³-hybridized carbons (Fsp3) is 0.333. The number of rotatable bonds is 8. The van der Waals surface area contributed by atoms with E-state index in [0.29, 0.717) is 6.61 Å². The van der Waals surface area contributed by atoms with Crippen LogP contribution >= 0.6 is 0 Å². The molecule has 21 heavy (non-hydrogen) atoms. The van der Waals surface area contributed by atoms with Gasteiger partial charge in [0.25, 0.3) is 0 Å². The van der Waals surface area contributed by atoms with Gasteiger partial charge in [-0.1, -0.05) is 37.3 Å². The third-order valence-corrected chi connectivity index (χ3v) is 3.23. The van der Waals surface area contributed by atoms with Crippen molar-refractivity contribution in [1.82, 2.24) is 5.32 Å². The molecule has 0 heterocycles. The largest absolute Gasteiger partial charge is 0.497 e. The highest BCUT2D eigenvalue weighted by Crippen LogP contribution is 2.20. The lowest BCUT2D eigenvalue weighted by Crippen LogP contribution is -2.13. The van der Waals surface area contributed by atoms with Gasteiger partial charge in [-0.15, -0.1) is 0 Å². The Hall–Kier alpha value is -2.00. The average Bonchev–Trinajstić information content (AvgIpc) is 2.54. The van der Waals surface area contributed by atoms with Crippen LogP contribution in [0, 0.1) is 0 Å². The molecular formula is C18H23NO2. The Kier molecular flexibility index (Phi) is 6.10. The Bertz CT molecular complexity index is 537. The molecule has 3 nitrogen and oxygen atoms in total. The topological polar surface area (TPSA) is 30.5 Å². The van der Waals surface area contributed by atoms with Gasteiger partial charge in [-0.05, 0) is 36.2 Å². The van der Waals surface area contributed by atoms with Gasteiger partial charge in [0.2, 0.25) is 0 Å². The maximum atomic E-state index is 5.78. The van der Waals surface area contributed by atoms with Gasteiger partial charge >= 0.3 is 0 Å². The molecule has 0 aliphatic carbocycles. The molecule has 0 radical (unpaired) electrons. The van der Waals surface area contributed by atoms with Crippen LogP contribution in [0.25, 0.3) is 0 Å². The summed E-state index contributed by atoms with van der Waals surface area (Å²) in [6.45, 7) is 4.72. The van der Waals surface area contributed by atoms with Gasteiger partial charge in [0.15, 0.2) is 0 Å². The number of hydrogen-bond acceptors (Lipinski definition) is 3. The molecule has 1 N–H and O–H groups in total. The smallest absolute Gasteiger partial charge is 0.123 e. The molecule has 0 saturated heterocycles. The van der Waals surface area contributed by atoms with E-state index in [1.165, 1.54) is 5.56 Å². The molecular weight excluding hydrogens is 262 g/mol. The van der Waals surface area contributed by atoms with Gasteiger partial charge in [-0.3, -0.25) is 0 Å². The first-order valence-corrected chi connectivity index (χ1v) is 7.37. The normalized spacial score (nSPS) is 10.4. The van der Waals surface area contributed by atoms with Crippen molar-refractivity contribution in [2.75, 3.05) is 13.7 Å². The van der Waals surface area contributed by atoms with E-state index in [1.807, 2.05) is 24.3 Å². The maximum Gasteiger partial charge on any atom is 0.123 e. The third kappa shape index (κ3) is 5.12. The molecule has 0 amide bonds. The number of methoxy groups -OCH3 is 1. The van der Waals surface area contributed by atoms with Crippen molar-refractivity contribution in [3.8, 4) is 11.5 Å². The van der Waals surface area contributed by atoms with Gasteiger partial charge in [-0.25, -0.2) is 0 Å². The van der Waals surface area contributed by atoms with E-state index in [-0.39, 0.29) is 0 Å². The Morgan fingerprint density at radius 3 is 2.38 bits per heavy atom. The Balaban J connectivity index is 1.85. The van der Waals surface area contributed by atoms with E-state index < -0.39 is 0 Å². The fourth-order valence-corrected chi connectivity index (χ4v) is 2.02. The van der Waals surface area contributed by atoms with Crippen molar-refractivity contribution in [2.24, 2.45) is 0 Å². The Labute approximate surface area is 126 Å². The van der Waals surface area contributed by atoms with E-state index in [1.54, 1.807) is 7.11 Å². The van der Waals surface area contributed by atoms with Crippen LogP contribution in [0.2, 0.25) is 0 Å². The zero-order valence-electron chi connectivity index (χ0n) is 12.8. The number of benzene rings is 2. The van der Waals surface area contributed by atoms with Crippen LogP contribution in [0.4, 0.5) is 0 Å². The lowest BCUT2D eigenvalue weighted by atomic mass is 10.1. The molecule has 0 aliphatic rings. The summed E-state index contributed by atoms with van der Waals surface area (Å²) >= 11 is 0. The lowest BCUT2D eigenvalue weighted by molar-refractivity contribution is 0.303. The van der Waals surface area contributed by atoms with Crippen LogP contribution in [0.15, 0.2) is 48.5 Å². The molecule has 0 bridgehead atoms. The standard InChI is InChI=1S/C18H23NO2/c1-3-11-19-13-15-7-9-16(10-8-15)14-21-18-6-4-5-17(12-18)20-2/h4-10,12,19H,3,11,13-14H2,1-2H3. The molecule has 112 valence electrons. The highest BCUT2D eigenvalue weighted by Gasteiger charge is 1.99. The monoisotopic (exact) mass is 285 g/mol. The Morgan fingerprint density at radius 2 is 1.67 bits per heavy atom. The highest BCUT2D eigenvalue weighted by molar-refractivity contribution is 5.33. The molecule has 0 unspecified atom stereocenters. The summed E-state index contributed by atoms with van der Waals surface area (Å²) < 4.78 is 11.0. The van der Waals surface area contributed by atoms with E-state index >= 15 is 0 Å². The van der Waals surface area contributed by atoms with Crippen molar-refractivity contribution in [3.05, 3.63) is 59.7 Å². The van der Waals surface area contributed by atoms with Crippen molar-refractivity contribution >= 4 is 0 Å². The van der Waals surface area contributed by atoms with Crippen LogP contribution < -0.4 is 14.8 Å². The van der Waals surface area contributed by atoms with Crippen LogP contribution in [0.3, 0.4) is 0 Å². The molecule has 0 fully saturated rings. The van der Waals surface area contributed by atoms with Crippen LogP contribution in [-0.4, -0.2) is 13.7 Å². The van der Waals surface area contributed by atoms with Gasteiger partial charge in [0.05, 0.1) is 7.11 Å². The summed E-state index contributed by atoms with van der Waals surface area (Å²) in [5, 5.41) is 3.40.